The Morgan fingerprint density at radius 3 is 2.50 bits per heavy atom. The first-order chi connectivity index (χ1) is 9.25. The Balaban J connectivity index is 2.95. The Morgan fingerprint density at radius 2 is 1.95 bits per heavy atom. The van der Waals surface area contributed by atoms with Gasteiger partial charge in [-0.05, 0) is 18.2 Å². The van der Waals surface area contributed by atoms with Crippen molar-refractivity contribution in [3.63, 3.8) is 0 Å². The zero-order valence-electron chi connectivity index (χ0n) is 9.97. The van der Waals surface area contributed by atoms with E-state index >= 15 is 0 Å². The van der Waals surface area contributed by atoms with Crippen molar-refractivity contribution >= 4 is 16.9 Å². The second-order valence-electron chi connectivity index (χ2n) is 3.88. The Bertz CT molecular complexity index is 749. The minimum atomic E-state index is -4.95. The fourth-order valence-corrected chi connectivity index (χ4v) is 1.77. The molecule has 0 aliphatic carbocycles. The average molecular weight is 289 g/mol. The van der Waals surface area contributed by atoms with Crippen LogP contribution in [0, 0.1) is 5.82 Å². The van der Waals surface area contributed by atoms with E-state index in [1.807, 2.05) is 4.98 Å². The average Bonchev–Trinajstić information content (AvgIpc) is 2.37. The van der Waals surface area contributed by atoms with Crippen molar-refractivity contribution in [2.75, 3.05) is 7.11 Å². The summed E-state index contributed by atoms with van der Waals surface area (Å²) in [4.78, 5) is 25.3. The van der Waals surface area contributed by atoms with Crippen LogP contribution < -0.4 is 5.43 Å². The summed E-state index contributed by atoms with van der Waals surface area (Å²) in [6, 6.07) is 2.64. The van der Waals surface area contributed by atoms with Crippen molar-refractivity contribution in [2.45, 2.75) is 6.18 Å². The van der Waals surface area contributed by atoms with Crippen molar-refractivity contribution in [1.82, 2.24) is 4.98 Å². The van der Waals surface area contributed by atoms with E-state index in [-0.39, 0.29) is 10.9 Å². The van der Waals surface area contributed by atoms with Gasteiger partial charge in [0.1, 0.15) is 17.1 Å². The van der Waals surface area contributed by atoms with E-state index < -0.39 is 34.6 Å². The lowest BCUT2D eigenvalue weighted by molar-refractivity contribution is -0.141. The molecule has 1 N–H and O–H groups in total. The van der Waals surface area contributed by atoms with Gasteiger partial charge in [-0.25, -0.2) is 9.18 Å². The molecule has 0 aliphatic heterocycles. The molecule has 0 bridgehead atoms. The van der Waals surface area contributed by atoms with Gasteiger partial charge in [-0.15, -0.1) is 0 Å². The summed E-state index contributed by atoms with van der Waals surface area (Å²) < 4.78 is 55.9. The molecule has 4 nitrogen and oxygen atoms in total. The number of alkyl halides is 3. The smallest absolute Gasteiger partial charge is 0.432 e. The molecule has 0 saturated carbocycles. The third-order valence-electron chi connectivity index (χ3n) is 2.64. The summed E-state index contributed by atoms with van der Waals surface area (Å²) in [7, 11) is 0.845. The molecule has 0 fully saturated rings. The number of halogens is 4. The maximum Gasteiger partial charge on any atom is 0.432 e. The van der Waals surface area contributed by atoms with E-state index in [4.69, 9.17) is 0 Å². The Labute approximate surface area is 109 Å². The van der Waals surface area contributed by atoms with Gasteiger partial charge in [0, 0.05) is 10.9 Å². The molecule has 1 aromatic heterocycles. The minimum Gasteiger partial charge on any atom is -0.465 e. The lowest BCUT2D eigenvalue weighted by Crippen LogP contribution is -2.25. The zero-order valence-corrected chi connectivity index (χ0v) is 9.97. The van der Waals surface area contributed by atoms with Crippen LogP contribution in [0.25, 0.3) is 10.9 Å². The van der Waals surface area contributed by atoms with Crippen LogP contribution in [-0.4, -0.2) is 18.1 Å². The maximum absolute atomic E-state index is 13.1. The van der Waals surface area contributed by atoms with Crippen molar-refractivity contribution in [1.29, 1.82) is 0 Å². The van der Waals surface area contributed by atoms with Crippen LogP contribution in [0.4, 0.5) is 17.6 Å². The Kier molecular flexibility index (Phi) is 3.24. The number of aromatic amines is 1. The van der Waals surface area contributed by atoms with Crippen LogP contribution >= 0.6 is 0 Å². The van der Waals surface area contributed by atoms with Crippen molar-refractivity contribution in [2.24, 2.45) is 0 Å². The van der Waals surface area contributed by atoms with Crippen LogP contribution in [0.15, 0.2) is 23.0 Å². The second-order valence-corrected chi connectivity index (χ2v) is 3.88. The molecule has 0 spiro atoms. The normalized spacial score (nSPS) is 11.7. The van der Waals surface area contributed by atoms with Crippen LogP contribution in [0.3, 0.4) is 0 Å². The lowest BCUT2D eigenvalue weighted by Gasteiger charge is -2.12. The Morgan fingerprint density at radius 1 is 1.30 bits per heavy atom. The number of methoxy groups -OCH3 is 1. The molecule has 8 heteroatoms. The van der Waals surface area contributed by atoms with E-state index in [2.05, 4.69) is 4.74 Å². The number of ether oxygens (including phenoxy) is 1. The molecule has 0 saturated heterocycles. The van der Waals surface area contributed by atoms with Crippen molar-refractivity contribution in [3.05, 3.63) is 45.5 Å². The van der Waals surface area contributed by atoms with Gasteiger partial charge in [0.15, 0.2) is 0 Å². The molecule has 0 amide bonds. The number of fused-ring (bicyclic) bond motifs is 1. The summed E-state index contributed by atoms with van der Waals surface area (Å²) in [5.74, 6) is -2.25. The van der Waals surface area contributed by atoms with Crippen LogP contribution in [0.1, 0.15) is 16.1 Å². The van der Waals surface area contributed by atoms with Gasteiger partial charge in [-0.1, -0.05) is 0 Å². The Hall–Kier alpha value is -2.38. The molecule has 1 heterocycles. The van der Waals surface area contributed by atoms with Crippen LogP contribution in [0.2, 0.25) is 0 Å². The third-order valence-corrected chi connectivity index (χ3v) is 2.64. The summed E-state index contributed by atoms with van der Waals surface area (Å²) in [6.45, 7) is 0. The van der Waals surface area contributed by atoms with E-state index in [0.717, 1.165) is 25.3 Å². The molecular formula is C12H7F4NO3. The van der Waals surface area contributed by atoms with Crippen molar-refractivity contribution in [3.8, 4) is 0 Å². The fraction of sp³-hybridized carbons (Fsp3) is 0.167. The maximum atomic E-state index is 13.1. The van der Waals surface area contributed by atoms with Gasteiger partial charge in [0.05, 0.1) is 7.11 Å². The van der Waals surface area contributed by atoms with E-state index in [0.29, 0.717) is 0 Å². The number of rotatable bonds is 1. The first kappa shape index (κ1) is 14.0. The van der Waals surface area contributed by atoms with Gasteiger partial charge in [0.2, 0.25) is 5.43 Å². The number of esters is 1. The topological polar surface area (TPSA) is 59.2 Å². The molecule has 1 aromatic carbocycles. The number of nitrogens with one attached hydrogen (secondary N) is 1. The van der Waals surface area contributed by atoms with Gasteiger partial charge in [-0.3, -0.25) is 4.79 Å². The number of carbonyl (C=O) groups is 1. The van der Waals surface area contributed by atoms with Crippen molar-refractivity contribution < 1.29 is 27.1 Å². The molecule has 20 heavy (non-hydrogen) atoms. The van der Waals surface area contributed by atoms with Gasteiger partial charge >= 0.3 is 12.1 Å². The number of aromatic nitrogens is 1. The summed E-state index contributed by atoms with van der Waals surface area (Å²) in [5, 5.41) is -0.363. The minimum absolute atomic E-state index is 0.226. The van der Waals surface area contributed by atoms with Crippen LogP contribution in [0.5, 0.6) is 0 Å². The number of pyridine rings is 1. The van der Waals surface area contributed by atoms with Gasteiger partial charge < -0.3 is 9.72 Å². The van der Waals surface area contributed by atoms with E-state index in [9.17, 15) is 27.2 Å². The predicted molar refractivity (Wildman–Crippen MR) is 60.9 cm³/mol. The molecule has 0 aliphatic rings. The summed E-state index contributed by atoms with van der Waals surface area (Å²) in [6.07, 6.45) is -4.95. The molecule has 0 unspecified atom stereocenters. The first-order valence-electron chi connectivity index (χ1n) is 5.26. The number of H-pyrrole nitrogens is 1. The number of hydrogen-bond acceptors (Lipinski definition) is 3. The molecule has 0 radical (unpaired) electrons. The first-order valence-corrected chi connectivity index (χ1v) is 5.26. The highest BCUT2D eigenvalue weighted by Gasteiger charge is 2.39. The predicted octanol–water partition coefficient (Wildman–Crippen LogP) is 2.47. The molecule has 0 atom stereocenters. The fourth-order valence-electron chi connectivity index (χ4n) is 1.77. The highest BCUT2D eigenvalue weighted by atomic mass is 19.4. The molecule has 2 aromatic rings. The SMILES string of the molecule is COC(=O)c1c(C(F)(F)F)[nH]c2ccc(F)cc2c1=O. The standard InChI is InChI=1S/C12H7F4NO3/c1-20-11(19)8-9(18)6-4-5(13)2-3-7(6)17-10(8)12(14,15)16/h2-4H,1H3,(H,17,18). The largest absolute Gasteiger partial charge is 0.465 e. The zero-order chi connectivity index (χ0) is 15.1. The number of carbonyl (C=O) groups excluding carboxylic acids is 1. The van der Waals surface area contributed by atoms with E-state index in [1.54, 1.807) is 0 Å². The monoisotopic (exact) mass is 289 g/mol. The van der Waals surface area contributed by atoms with Gasteiger partial charge in [-0.2, -0.15) is 13.2 Å². The quantitative estimate of drug-likeness (QED) is 0.648. The lowest BCUT2D eigenvalue weighted by atomic mass is 10.1. The molecule has 106 valence electrons. The van der Waals surface area contributed by atoms with Crippen LogP contribution in [-0.2, 0) is 10.9 Å². The van der Waals surface area contributed by atoms with Gasteiger partial charge in [0.25, 0.3) is 0 Å². The molecule has 2 rings (SSSR count). The van der Waals surface area contributed by atoms with E-state index in [1.165, 1.54) is 0 Å². The highest BCUT2D eigenvalue weighted by Crippen LogP contribution is 2.30. The third kappa shape index (κ3) is 2.24. The summed E-state index contributed by atoms with van der Waals surface area (Å²) >= 11 is 0. The number of benzene rings is 1. The molecular weight excluding hydrogens is 282 g/mol. The second kappa shape index (κ2) is 4.62. The highest BCUT2D eigenvalue weighted by molar-refractivity contribution is 5.95. The number of hydrogen-bond donors (Lipinski definition) is 1. The summed E-state index contributed by atoms with van der Waals surface area (Å²) in [5.41, 5.74) is -4.18.